The summed E-state index contributed by atoms with van der Waals surface area (Å²) in [5.74, 6) is -0.697. The molecule has 1 saturated heterocycles. The van der Waals surface area contributed by atoms with Crippen molar-refractivity contribution in [3.8, 4) is 0 Å². The summed E-state index contributed by atoms with van der Waals surface area (Å²) in [6.07, 6.45) is 6.83. The lowest BCUT2D eigenvalue weighted by molar-refractivity contribution is -0.136. The van der Waals surface area contributed by atoms with E-state index in [1.165, 1.54) is 0 Å². The fraction of sp³-hybridized carbons (Fsp3) is 0.727. The Hall–Kier alpha value is -0.845. The summed E-state index contributed by atoms with van der Waals surface area (Å²) in [6.45, 7) is 0.605. The highest BCUT2D eigenvalue weighted by Gasteiger charge is 2.40. The second-order valence-corrected chi connectivity index (χ2v) is 4.87. The summed E-state index contributed by atoms with van der Waals surface area (Å²) in [5.41, 5.74) is 5.95. The lowest BCUT2D eigenvalue weighted by Crippen LogP contribution is -2.51. The van der Waals surface area contributed by atoms with Crippen molar-refractivity contribution in [2.45, 2.75) is 37.7 Å². The van der Waals surface area contributed by atoms with E-state index in [9.17, 15) is 14.8 Å². The zero-order chi connectivity index (χ0) is 12.4. The van der Waals surface area contributed by atoms with Gasteiger partial charge in [0.1, 0.15) is 0 Å². The molecule has 0 aromatic heterocycles. The first kappa shape index (κ1) is 12.6. The fourth-order valence-electron chi connectivity index (χ4n) is 2.71. The number of nitrogens with zero attached hydrogens (tertiary/aromatic N) is 1. The Labute approximate surface area is 101 Å². The first-order valence-corrected chi connectivity index (χ1v) is 6.18. The normalized spacial score (nSPS) is 32.9. The van der Waals surface area contributed by atoms with E-state index >= 15 is 0 Å². The molecule has 0 saturated carbocycles. The zero-order valence-corrected chi connectivity index (χ0v) is 9.83. The summed E-state index contributed by atoms with van der Waals surface area (Å²) in [5, 5.41) is 18.5. The average Bonchev–Trinajstić information content (AvgIpc) is 2.77. The van der Waals surface area contributed by atoms with Gasteiger partial charge in [0.15, 0.2) is 0 Å². The van der Waals surface area contributed by atoms with Crippen molar-refractivity contribution in [1.29, 1.82) is 0 Å². The molecule has 2 aliphatic rings. The largest absolute Gasteiger partial charge is 0.475 e. The highest BCUT2D eigenvalue weighted by molar-refractivity contribution is 6.43. The molecule has 0 radical (unpaired) electrons. The smallest absolute Gasteiger partial charge is 0.426 e. The second kappa shape index (κ2) is 5.20. The number of hydrogen-bond acceptors (Lipinski definition) is 4. The molecule has 1 fully saturated rings. The molecular weight excluding hydrogens is 219 g/mol. The summed E-state index contributed by atoms with van der Waals surface area (Å²) >= 11 is 0. The van der Waals surface area contributed by atoms with E-state index in [-0.39, 0.29) is 17.9 Å². The number of likely N-dealkylation sites (tertiary alicyclic amines) is 1. The van der Waals surface area contributed by atoms with E-state index in [1.54, 1.807) is 4.90 Å². The number of amides is 1. The Morgan fingerprint density at radius 2 is 2.06 bits per heavy atom. The molecule has 1 unspecified atom stereocenters. The van der Waals surface area contributed by atoms with E-state index in [1.807, 2.05) is 12.2 Å². The molecule has 0 aromatic rings. The molecule has 1 amide bonds. The summed E-state index contributed by atoms with van der Waals surface area (Å²) in [4.78, 5) is 13.9. The van der Waals surface area contributed by atoms with Crippen LogP contribution < -0.4 is 5.73 Å². The SMILES string of the molecule is N[C@H]1CC=CC[C@H]1C(=O)N1CCCC1B(O)O. The molecule has 3 atom stereocenters. The van der Waals surface area contributed by atoms with Gasteiger partial charge in [-0.2, -0.15) is 0 Å². The van der Waals surface area contributed by atoms with Gasteiger partial charge in [0, 0.05) is 12.6 Å². The van der Waals surface area contributed by atoms with Gasteiger partial charge in [-0.15, -0.1) is 0 Å². The quantitative estimate of drug-likeness (QED) is 0.438. The second-order valence-electron chi connectivity index (χ2n) is 4.87. The van der Waals surface area contributed by atoms with Gasteiger partial charge in [0.05, 0.1) is 11.9 Å². The minimum atomic E-state index is -1.45. The van der Waals surface area contributed by atoms with Gasteiger partial charge in [-0.1, -0.05) is 12.2 Å². The number of hydrogen-bond donors (Lipinski definition) is 3. The molecular formula is C11H19BN2O3. The third-order valence-electron chi connectivity index (χ3n) is 3.73. The Morgan fingerprint density at radius 1 is 1.35 bits per heavy atom. The van der Waals surface area contributed by atoms with E-state index < -0.39 is 13.1 Å². The van der Waals surface area contributed by atoms with Crippen LogP contribution >= 0.6 is 0 Å². The minimum absolute atomic E-state index is 0.0301. The van der Waals surface area contributed by atoms with Gasteiger partial charge < -0.3 is 20.7 Å². The maximum absolute atomic E-state index is 12.3. The Bertz CT molecular complexity index is 322. The molecule has 1 heterocycles. The summed E-state index contributed by atoms with van der Waals surface area (Å²) < 4.78 is 0. The van der Waals surface area contributed by atoms with Crippen molar-refractivity contribution in [1.82, 2.24) is 4.90 Å². The molecule has 5 nitrogen and oxygen atoms in total. The Balaban J connectivity index is 2.06. The zero-order valence-electron chi connectivity index (χ0n) is 9.83. The number of rotatable bonds is 2. The maximum Gasteiger partial charge on any atom is 0.475 e. The molecule has 17 heavy (non-hydrogen) atoms. The number of nitrogens with two attached hydrogens (primary N) is 1. The van der Waals surface area contributed by atoms with Crippen LogP contribution in [0.2, 0.25) is 0 Å². The third kappa shape index (κ3) is 2.54. The molecule has 0 spiro atoms. The minimum Gasteiger partial charge on any atom is -0.426 e. The predicted octanol–water partition coefficient (Wildman–Crippen LogP) is -0.717. The van der Waals surface area contributed by atoms with Crippen LogP contribution in [-0.2, 0) is 4.79 Å². The first-order valence-electron chi connectivity index (χ1n) is 6.18. The van der Waals surface area contributed by atoms with E-state index in [0.29, 0.717) is 19.4 Å². The maximum atomic E-state index is 12.3. The van der Waals surface area contributed by atoms with Crippen LogP contribution in [0.4, 0.5) is 0 Å². The highest BCUT2D eigenvalue weighted by atomic mass is 16.4. The van der Waals surface area contributed by atoms with Gasteiger partial charge in [-0.25, -0.2) is 0 Å². The van der Waals surface area contributed by atoms with Crippen LogP contribution in [0.5, 0.6) is 0 Å². The average molecular weight is 238 g/mol. The van der Waals surface area contributed by atoms with Crippen molar-refractivity contribution in [3.05, 3.63) is 12.2 Å². The third-order valence-corrected chi connectivity index (χ3v) is 3.73. The molecule has 0 bridgehead atoms. The van der Waals surface area contributed by atoms with Gasteiger partial charge in [-0.3, -0.25) is 4.79 Å². The van der Waals surface area contributed by atoms with Crippen LogP contribution in [-0.4, -0.2) is 46.5 Å². The number of carbonyl (C=O) groups excluding carboxylic acids is 1. The van der Waals surface area contributed by atoms with Crippen molar-refractivity contribution in [2.75, 3.05) is 6.54 Å². The van der Waals surface area contributed by atoms with Crippen LogP contribution in [0.25, 0.3) is 0 Å². The van der Waals surface area contributed by atoms with Crippen molar-refractivity contribution in [3.63, 3.8) is 0 Å². The van der Waals surface area contributed by atoms with Gasteiger partial charge >= 0.3 is 7.12 Å². The Kier molecular flexibility index (Phi) is 3.86. The topological polar surface area (TPSA) is 86.8 Å². The molecule has 1 aliphatic heterocycles. The Morgan fingerprint density at radius 3 is 2.71 bits per heavy atom. The van der Waals surface area contributed by atoms with Crippen LogP contribution in [0.3, 0.4) is 0 Å². The molecule has 2 rings (SSSR count). The summed E-state index contributed by atoms with van der Waals surface area (Å²) in [6, 6.07) is -0.149. The summed E-state index contributed by atoms with van der Waals surface area (Å²) in [7, 11) is -1.45. The van der Waals surface area contributed by atoms with Gasteiger partial charge in [-0.05, 0) is 25.7 Å². The van der Waals surface area contributed by atoms with Crippen molar-refractivity contribution in [2.24, 2.45) is 11.7 Å². The monoisotopic (exact) mass is 238 g/mol. The van der Waals surface area contributed by atoms with E-state index in [4.69, 9.17) is 5.73 Å². The van der Waals surface area contributed by atoms with E-state index in [0.717, 1.165) is 12.8 Å². The molecule has 4 N–H and O–H groups in total. The van der Waals surface area contributed by atoms with Gasteiger partial charge in [0.2, 0.25) is 5.91 Å². The number of carbonyl (C=O) groups is 1. The van der Waals surface area contributed by atoms with Crippen molar-refractivity contribution < 1.29 is 14.8 Å². The first-order chi connectivity index (χ1) is 8.11. The number of allylic oxidation sites excluding steroid dienone is 1. The molecule has 6 heteroatoms. The van der Waals surface area contributed by atoms with Crippen LogP contribution in [0.1, 0.15) is 25.7 Å². The lowest BCUT2D eigenvalue weighted by Gasteiger charge is -2.31. The lowest BCUT2D eigenvalue weighted by atomic mass is 9.77. The molecule has 1 aliphatic carbocycles. The van der Waals surface area contributed by atoms with Crippen LogP contribution in [0.15, 0.2) is 12.2 Å². The van der Waals surface area contributed by atoms with E-state index in [2.05, 4.69) is 0 Å². The molecule has 0 aromatic carbocycles. The standard InChI is InChI=1S/C11H19BN2O3/c13-9-5-2-1-4-8(9)11(15)14-7-3-6-10(14)12(16)17/h1-2,8-10,16-17H,3-7,13H2/t8-,9+,10?/m1/s1. The predicted molar refractivity (Wildman–Crippen MR) is 64.8 cm³/mol. The van der Waals surface area contributed by atoms with Gasteiger partial charge in [0.25, 0.3) is 0 Å². The molecule has 94 valence electrons. The van der Waals surface area contributed by atoms with Crippen molar-refractivity contribution >= 4 is 13.0 Å². The highest BCUT2D eigenvalue weighted by Crippen LogP contribution is 2.25. The fourth-order valence-corrected chi connectivity index (χ4v) is 2.71. The van der Waals surface area contributed by atoms with Crippen LogP contribution in [0, 0.1) is 5.92 Å².